The van der Waals surface area contributed by atoms with Gasteiger partial charge in [0.05, 0.1) is 0 Å². The fourth-order valence-corrected chi connectivity index (χ4v) is 5.98. The molecule has 0 aromatic carbocycles. The molecule has 0 saturated carbocycles. The summed E-state index contributed by atoms with van der Waals surface area (Å²) < 4.78 is 26.1. The molecule has 0 unspecified atom stereocenters. The third-order valence-electron chi connectivity index (χ3n) is 1.67. The van der Waals surface area contributed by atoms with Gasteiger partial charge in [-0.1, -0.05) is 0 Å². The van der Waals surface area contributed by atoms with Gasteiger partial charge >= 0.3 is 109 Å². The van der Waals surface area contributed by atoms with Crippen molar-refractivity contribution in [2.75, 3.05) is 17.4 Å². The predicted molar refractivity (Wildman–Crippen MR) is 68.8 cm³/mol. The van der Waals surface area contributed by atoms with E-state index in [0.717, 1.165) is 12.8 Å². The second kappa shape index (κ2) is 10.6. The van der Waals surface area contributed by atoms with Gasteiger partial charge in [-0.3, -0.25) is 0 Å². The van der Waals surface area contributed by atoms with Crippen molar-refractivity contribution in [3.05, 3.63) is 0 Å². The number of hydrogen-bond donors (Lipinski definition) is 0. The molecule has 0 bridgehead atoms. The normalized spacial score (nSPS) is 10.9. The van der Waals surface area contributed by atoms with Crippen LogP contribution in [0.4, 0.5) is 0 Å². The van der Waals surface area contributed by atoms with Crippen LogP contribution >= 0.6 is 7.60 Å². The van der Waals surface area contributed by atoms with E-state index in [0.29, 0.717) is 17.4 Å². The molecule has 0 N–H and O–H groups in total. The molecule has 0 aliphatic rings. The number of hydrogen-bond acceptors (Lipinski definition) is 3. The first-order valence-electron chi connectivity index (χ1n) is 5.66. The molecule has 5 heteroatoms. The van der Waals surface area contributed by atoms with Crippen molar-refractivity contribution in [2.45, 2.75) is 40.0 Å². The third-order valence-corrected chi connectivity index (χ3v) is 8.06. The van der Waals surface area contributed by atoms with Crippen LogP contribution in [0.25, 0.3) is 0 Å². The standard InChI is InChI=1S/C11H21O3PTe/c1-4-7-8-9-10-16-11-15(12,13-5-2)14-6-3/h4-8,11H2,1-3H3. The quantitative estimate of drug-likeness (QED) is 0.289. The minimum atomic E-state index is -2.82. The van der Waals surface area contributed by atoms with Gasteiger partial charge in [0.15, 0.2) is 0 Å². The van der Waals surface area contributed by atoms with E-state index in [-0.39, 0.29) is 0 Å². The second-order valence-corrected chi connectivity index (χ2v) is 8.72. The second-order valence-electron chi connectivity index (χ2n) is 3.10. The third kappa shape index (κ3) is 8.63. The monoisotopic (exact) mass is 362 g/mol. The predicted octanol–water partition coefficient (Wildman–Crippen LogP) is 3.07. The number of unbranched alkanes of at least 4 members (excludes halogenated alkanes) is 2. The van der Waals surface area contributed by atoms with E-state index in [1.54, 1.807) is 0 Å². The molecule has 0 aliphatic heterocycles. The molecular formula is C11H21O3PTe. The maximum atomic E-state index is 12.0. The van der Waals surface area contributed by atoms with Gasteiger partial charge < -0.3 is 0 Å². The van der Waals surface area contributed by atoms with Crippen molar-refractivity contribution in [2.24, 2.45) is 0 Å². The van der Waals surface area contributed by atoms with Crippen LogP contribution in [0.2, 0.25) is 0 Å². The van der Waals surface area contributed by atoms with Crippen molar-refractivity contribution in [3.63, 3.8) is 0 Å². The Hall–Kier alpha value is 0.500. The first-order chi connectivity index (χ1) is 7.68. The van der Waals surface area contributed by atoms with Gasteiger partial charge in [0.2, 0.25) is 0 Å². The van der Waals surface area contributed by atoms with Gasteiger partial charge in [-0.2, -0.15) is 0 Å². The van der Waals surface area contributed by atoms with Gasteiger partial charge in [-0.05, 0) is 0 Å². The summed E-state index contributed by atoms with van der Waals surface area (Å²) in [5.74, 6) is 3.12. The van der Waals surface area contributed by atoms with Crippen molar-refractivity contribution in [1.29, 1.82) is 0 Å². The summed E-state index contributed by atoms with van der Waals surface area (Å²) >= 11 is -0.558. The average molecular weight is 360 g/mol. The topological polar surface area (TPSA) is 35.5 Å². The van der Waals surface area contributed by atoms with Crippen LogP contribution in [-0.4, -0.2) is 38.3 Å². The van der Waals surface area contributed by atoms with Crippen LogP contribution in [0.15, 0.2) is 0 Å². The van der Waals surface area contributed by atoms with E-state index in [1.807, 2.05) is 13.8 Å². The molecule has 0 amide bonds. The first-order valence-corrected chi connectivity index (χ1v) is 10.2. The fraction of sp³-hybridized carbons (Fsp3) is 0.818. The van der Waals surface area contributed by atoms with Crippen LogP contribution in [0.5, 0.6) is 0 Å². The molecule has 94 valence electrons. The summed E-state index contributed by atoms with van der Waals surface area (Å²) in [7, 11) is -2.82. The summed E-state index contributed by atoms with van der Waals surface area (Å²) in [6, 6.07) is 0. The molecule has 0 spiro atoms. The molecule has 0 aromatic heterocycles. The molecule has 0 radical (unpaired) electrons. The molecule has 0 heterocycles. The van der Waals surface area contributed by atoms with Crippen LogP contribution in [-0.2, 0) is 13.6 Å². The Morgan fingerprint density at radius 2 is 1.81 bits per heavy atom. The van der Waals surface area contributed by atoms with Gasteiger partial charge in [-0.25, -0.2) is 0 Å². The van der Waals surface area contributed by atoms with Crippen molar-refractivity contribution in [1.82, 2.24) is 0 Å². The van der Waals surface area contributed by atoms with Crippen molar-refractivity contribution >= 4 is 28.5 Å². The zero-order valence-corrected chi connectivity index (χ0v) is 13.5. The van der Waals surface area contributed by atoms with E-state index >= 15 is 0 Å². The molecule has 0 rings (SSSR count). The molecule has 0 saturated heterocycles. The molecule has 0 fully saturated rings. The van der Waals surface area contributed by atoms with Gasteiger partial charge in [0, 0.05) is 0 Å². The Bertz CT molecular complexity index is 260. The summed E-state index contributed by atoms with van der Waals surface area (Å²) in [5, 5.41) is 0. The van der Waals surface area contributed by atoms with Crippen LogP contribution < -0.4 is 0 Å². The van der Waals surface area contributed by atoms with Gasteiger partial charge in [-0.15, -0.1) is 0 Å². The molecule has 0 aliphatic carbocycles. The van der Waals surface area contributed by atoms with Crippen LogP contribution in [0.1, 0.15) is 40.0 Å². The average Bonchev–Trinajstić information content (AvgIpc) is 2.24. The van der Waals surface area contributed by atoms with E-state index < -0.39 is 28.5 Å². The molecular weight excluding hydrogens is 339 g/mol. The zero-order valence-electron chi connectivity index (χ0n) is 10.3. The molecule has 0 atom stereocenters. The van der Waals surface area contributed by atoms with Crippen LogP contribution in [0.3, 0.4) is 0 Å². The van der Waals surface area contributed by atoms with Gasteiger partial charge in [0.1, 0.15) is 0 Å². The van der Waals surface area contributed by atoms with E-state index in [1.165, 1.54) is 6.42 Å². The Morgan fingerprint density at radius 3 is 2.31 bits per heavy atom. The SMILES string of the molecule is CCCCC#C[Te]CP(=O)(OCC)OCC. The summed E-state index contributed by atoms with van der Waals surface area (Å²) in [4.78, 5) is 0. The first kappa shape index (κ1) is 16.5. The fourth-order valence-electron chi connectivity index (χ4n) is 0.984. The Morgan fingerprint density at radius 1 is 1.19 bits per heavy atom. The Kier molecular flexibility index (Phi) is 11.0. The molecule has 0 aromatic rings. The number of rotatable bonds is 8. The summed E-state index contributed by atoms with van der Waals surface area (Å²) in [6.07, 6.45) is 3.27. The Labute approximate surface area is 109 Å². The van der Waals surface area contributed by atoms with E-state index in [2.05, 4.69) is 16.8 Å². The van der Waals surface area contributed by atoms with Crippen LogP contribution in [0, 0.1) is 9.89 Å². The van der Waals surface area contributed by atoms with E-state index in [9.17, 15) is 4.57 Å². The van der Waals surface area contributed by atoms with Gasteiger partial charge in [0.25, 0.3) is 0 Å². The maximum absolute atomic E-state index is 12.0. The zero-order chi connectivity index (χ0) is 12.3. The molecule has 3 nitrogen and oxygen atoms in total. The Balaban J connectivity index is 3.91. The summed E-state index contributed by atoms with van der Waals surface area (Å²) in [6.45, 7) is 6.69. The minimum absolute atomic E-state index is 0.438. The summed E-state index contributed by atoms with van der Waals surface area (Å²) in [5.41, 5.74) is 0. The van der Waals surface area contributed by atoms with E-state index in [4.69, 9.17) is 9.05 Å². The van der Waals surface area contributed by atoms with Crippen molar-refractivity contribution < 1.29 is 13.6 Å². The molecule has 16 heavy (non-hydrogen) atoms. The van der Waals surface area contributed by atoms with Crippen molar-refractivity contribution in [3.8, 4) is 9.89 Å².